The summed E-state index contributed by atoms with van der Waals surface area (Å²) in [6.45, 7) is 0. The highest BCUT2D eigenvalue weighted by atomic mass is 15.0. The molecule has 318 valence electrons. The van der Waals surface area contributed by atoms with Gasteiger partial charge in [-0.15, -0.1) is 0 Å². The van der Waals surface area contributed by atoms with Crippen molar-refractivity contribution >= 4 is 65.4 Å². The Balaban J connectivity index is 1.32. The molecule has 13 aromatic rings. The second-order valence-electron chi connectivity index (χ2n) is 17.4. The van der Waals surface area contributed by atoms with Crippen LogP contribution in [0.25, 0.3) is 116 Å². The van der Waals surface area contributed by atoms with Gasteiger partial charge < -0.3 is 13.7 Å². The van der Waals surface area contributed by atoms with Gasteiger partial charge >= 0.3 is 0 Å². The molecule has 13 rings (SSSR count). The van der Waals surface area contributed by atoms with E-state index in [1.54, 1.807) is 0 Å². The number of nitrogens with zero attached hydrogens (tertiary/aromatic N) is 6. The van der Waals surface area contributed by atoms with E-state index < -0.39 is 0 Å². The van der Waals surface area contributed by atoms with Crippen molar-refractivity contribution in [2.24, 2.45) is 0 Å². The summed E-state index contributed by atoms with van der Waals surface area (Å²) in [5.41, 5.74) is 17.6. The highest BCUT2D eigenvalue weighted by Gasteiger charge is 2.29. The molecule has 0 saturated carbocycles. The quantitative estimate of drug-likeness (QED) is 0.167. The van der Waals surface area contributed by atoms with Gasteiger partial charge in [0.15, 0.2) is 0 Å². The Morgan fingerprint density at radius 3 is 0.754 bits per heavy atom. The van der Waals surface area contributed by atoms with Crippen LogP contribution in [-0.4, -0.2) is 13.7 Å². The zero-order chi connectivity index (χ0) is 46.2. The Morgan fingerprint density at radius 1 is 0.261 bits per heavy atom. The Labute approximate surface area is 396 Å². The van der Waals surface area contributed by atoms with Crippen LogP contribution in [0.1, 0.15) is 16.7 Å². The van der Waals surface area contributed by atoms with Crippen LogP contribution >= 0.6 is 0 Å². The first-order valence-corrected chi connectivity index (χ1v) is 22.8. The molecule has 0 aliphatic carbocycles. The number of para-hydroxylation sites is 3. The Bertz CT molecular complexity index is 3850. The molecule has 0 aliphatic rings. The Hall–Kier alpha value is -9.93. The summed E-state index contributed by atoms with van der Waals surface area (Å²) in [5, 5.41) is 35.8. The monoisotopic (exact) mass is 876 g/mol. The molecule has 3 aromatic heterocycles. The number of nitriles is 3. The summed E-state index contributed by atoms with van der Waals surface area (Å²) < 4.78 is 7.36. The highest BCUT2D eigenvalue weighted by Crippen LogP contribution is 2.51. The fraction of sp³-hybridized carbons (Fsp3) is 0. The molecule has 0 unspecified atom stereocenters. The molecule has 0 radical (unpaired) electrons. The minimum Gasteiger partial charge on any atom is -0.308 e. The summed E-state index contributed by atoms with van der Waals surface area (Å²) in [6, 6.07) is 82.7. The Morgan fingerprint density at radius 2 is 0.507 bits per heavy atom. The van der Waals surface area contributed by atoms with Gasteiger partial charge in [-0.3, -0.25) is 0 Å². The normalized spacial score (nSPS) is 11.4. The van der Waals surface area contributed by atoms with E-state index in [0.29, 0.717) is 16.7 Å². The summed E-state index contributed by atoms with van der Waals surface area (Å²) in [5.74, 6) is 0. The van der Waals surface area contributed by atoms with Crippen LogP contribution in [0.5, 0.6) is 0 Å². The van der Waals surface area contributed by atoms with Gasteiger partial charge in [-0.2, -0.15) is 15.8 Å². The van der Waals surface area contributed by atoms with Gasteiger partial charge in [0, 0.05) is 49.4 Å². The first-order chi connectivity index (χ1) is 34.1. The molecule has 0 spiro atoms. The lowest BCUT2D eigenvalue weighted by Crippen LogP contribution is -1.97. The van der Waals surface area contributed by atoms with E-state index in [1.807, 2.05) is 72.8 Å². The minimum atomic E-state index is 0.618. The molecule has 0 amide bonds. The van der Waals surface area contributed by atoms with Gasteiger partial charge in [0.2, 0.25) is 0 Å². The molecule has 10 aromatic carbocycles. The maximum absolute atomic E-state index is 9.71. The largest absolute Gasteiger partial charge is 0.308 e. The average Bonchev–Trinajstić information content (AvgIpc) is 4.07. The smallest absolute Gasteiger partial charge is 0.0991 e. The van der Waals surface area contributed by atoms with E-state index in [0.717, 1.165) is 116 Å². The summed E-state index contributed by atoms with van der Waals surface area (Å²) >= 11 is 0. The fourth-order valence-corrected chi connectivity index (χ4v) is 10.6. The van der Waals surface area contributed by atoms with Crippen molar-refractivity contribution in [3.05, 3.63) is 235 Å². The number of hydrogen-bond donors (Lipinski definition) is 0. The predicted molar refractivity (Wildman–Crippen MR) is 280 cm³/mol. The maximum atomic E-state index is 9.71. The van der Waals surface area contributed by atoms with Crippen LogP contribution in [0.3, 0.4) is 0 Å². The first-order valence-electron chi connectivity index (χ1n) is 22.8. The molecular formula is C63H36N6. The van der Waals surface area contributed by atoms with Crippen LogP contribution in [0.4, 0.5) is 0 Å². The SMILES string of the molecule is N#Cc1ccc(-c2ccc3c(c2)c2c(c4c5cc(-c6ccc(C#N)cc6)ccc5n(-c5ccccc5)c4c4c5cc(-c6ccc(C#N)cc6)ccc5n(-c5ccccc5)c24)n3-c2ccccc2)cc1. The van der Waals surface area contributed by atoms with Crippen molar-refractivity contribution in [3.8, 4) is 68.7 Å². The zero-order valence-corrected chi connectivity index (χ0v) is 37.0. The highest BCUT2D eigenvalue weighted by molar-refractivity contribution is 6.40. The molecule has 0 bridgehead atoms. The van der Waals surface area contributed by atoms with E-state index in [-0.39, 0.29) is 0 Å². The predicted octanol–water partition coefficient (Wildman–Crippen LogP) is 15.6. The lowest BCUT2D eigenvalue weighted by Gasteiger charge is -2.13. The average molecular weight is 877 g/mol. The molecule has 0 N–H and O–H groups in total. The van der Waals surface area contributed by atoms with Gasteiger partial charge in [0.05, 0.1) is 68.0 Å². The van der Waals surface area contributed by atoms with Crippen molar-refractivity contribution < 1.29 is 0 Å². The summed E-state index contributed by atoms with van der Waals surface area (Å²) in [7, 11) is 0. The molecule has 0 fully saturated rings. The van der Waals surface area contributed by atoms with Crippen LogP contribution in [0, 0.1) is 34.0 Å². The van der Waals surface area contributed by atoms with Gasteiger partial charge in [-0.25, -0.2) is 0 Å². The molecule has 3 heterocycles. The third kappa shape index (κ3) is 6.09. The lowest BCUT2D eigenvalue weighted by molar-refractivity contribution is 1.17. The van der Waals surface area contributed by atoms with Crippen LogP contribution in [-0.2, 0) is 0 Å². The van der Waals surface area contributed by atoms with Crippen molar-refractivity contribution in [3.63, 3.8) is 0 Å². The number of hydrogen-bond acceptors (Lipinski definition) is 3. The number of fused-ring (bicyclic) bond motifs is 12. The van der Waals surface area contributed by atoms with Gasteiger partial charge in [0.25, 0.3) is 0 Å². The number of aromatic nitrogens is 3. The Kier molecular flexibility index (Phi) is 8.92. The minimum absolute atomic E-state index is 0.618. The summed E-state index contributed by atoms with van der Waals surface area (Å²) in [4.78, 5) is 0. The van der Waals surface area contributed by atoms with Gasteiger partial charge in [-0.1, -0.05) is 109 Å². The van der Waals surface area contributed by atoms with E-state index >= 15 is 0 Å². The third-order valence-corrected chi connectivity index (χ3v) is 13.7. The fourth-order valence-electron chi connectivity index (χ4n) is 10.6. The molecular weight excluding hydrogens is 841 g/mol. The first kappa shape index (κ1) is 39.4. The molecule has 69 heavy (non-hydrogen) atoms. The number of rotatable bonds is 6. The van der Waals surface area contributed by atoms with Crippen molar-refractivity contribution in [2.45, 2.75) is 0 Å². The van der Waals surface area contributed by atoms with Crippen molar-refractivity contribution in [1.29, 1.82) is 15.8 Å². The standard InChI is InChI=1S/C63H36N6/c64-37-40-16-22-43(23-17-40)46-28-31-55-52(34-46)58-61(67(55)49-10-4-1-5-11-49)59-53-35-47(44-24-18-41(38-65)19-25-44)29-32-56(53)68(50-12-6-2-7-13-50)63(59)60-54-36-48(45-26-20-42(39-66)21-27-45)30-33-57(54)69(62(58)60)51-14-8-3-9-15-51/h1-36H. The molecule has 0 saturated heterocycles. The number of benzene rings is 10. The van der Waals surface area contributed by atoms with E-state index in [9.17, 15) is 15.8 Å². The summed E-state index contributed by atoms with van der Waals surface area (Å²) in [6.07, 6.45) is 0. The van der Waals surface area contributed by atoms with Crippen LogP contribution < -0.4 is 0 Å². The van der Waals surface area contributed by atoms with Crippen molar-refractivity contribution in [1.82, 2.24) is 13.7 Å². The van der Waals surface area contributed by atoms with Gasteiger partial charge in [0.1, 0.15) is 0 Å². The topological polar surface area (TPSA) is 86.2 Å². The molecule has 0 aliphatic heterocycles. The molecule has 6 heteroatoms. The van der Waals surface area contributed by atoms with Crippen LogP contribution in [0.2, 0.25) is 0 Å². The van der Waals surface area contributed by atoms with E-state index in [2.05, 4.69) is 178 Å². The van der Waals surface area contributed by atoms with E-state index in [1.165, 1.54) is 0 Å². The van der Waals surface area contributed by atoms with Crippen LogP contribution in [0.15, 0.2) is 218 Å². The maximum Gasteiger partial charge on any atom is 0.0991 e. The van der Waals surface area contributed by atoms with Gasteiger partial charge in [-0.05, 0) is 143 Å². The lowest BCUT2D eigenvalue weighted by atomic mass is 9.97. The zero-order valence-electron chi connectivity index (χ0n) is 37.0. The molecule has 6 nitrogen and oxygen atoms in total. The molecule has 0 atom stereocenters. The van der Waals surface area contributed by atoms with E-state index in [4.69, 9.17) is 0 Å². The second-order valence-corrected chi connectivity index (χ2v) is 17.4. The second kappa shape index (κ2) is 15.6. The third-order valence-electron chi connectivity index (χ3n) is 13.7. The van der Waals surface area contributed by atoms with Crippen molar-refractivity contribution in [2.75, 3.05) is 0 Å².